The van der Waals surface area contributed by atoms with Gasteiger partial charge in [-0.15, -0.1) is 0 Å². The maximum absolute atomic E-state index is 10.7. The lowest BCUT2D eigenvalue weighted by molar-refractivity contribution is 0.236. The molecule has 88 valence electrons. The standard InChI is InChI=1S/C10H19O4P/c1-4-7-8-9(5-2)10(6-3)14-15(11,12)13/h7-8H,4-6H2,1-3H3,(H2,11,12,13)/b8-7?,10-9+. The highest BCUT2D eigenvalue weighted by Gasteiger charge is 2.18. The van der Waals surface area contributed by atoms with Gasteiger partial charge in [-0.2, -0.15) is 0 Å². The SMILES string of the molecule is CCC=C/C(CC)=C(\CC)OP(=O)(O)O. The number of rotatable bonds is 6. The number of allylic oxidation sites excluding steroid dienone is 4. The van der Waals surface area contributed by atoms with Crippen molar-refractivity contribution in [1.29, 1.82) is 0 Å². The molecule has 0 saturated heterocycles. The fourth-order valence-corrected chi connectivity index (χ4v) is 1.70. The van der Waals surface area contributed by atoms with E-state index in [1.54, 1.807) is 6.92 Å². The summed E-state index contributed by atoms with van der Waals surface area (Å²) in [6, 6.07) is 0. The van der Waals surface area contributed by atoms with Crippen LogP contribution in [0.15, 0.2) is 23.5 Å². The van der Waals surface area contributed by atoms with E-state index in [0.29, 0.717) is 18.6 Å². The van der Waals surface area contributed by atoms with Crippen LogP contribution in [0.2, 0.25) is 0 Å². The first-order valence-corrected chi connectivity index (χ1v) is 6.61. The first-order chi connectivity index (χ1) is 6.94. The summed E-state index contributed by atoms with van der Waals surface area (Å²) in [4.78, 5) is 17.4. The Labute approximate surface area is 90.9 Å². The zero-order valence-electron chi connectivity index (χ0n) is 9.43. The van der Waals surface area contributed by atoms with Crippen LogP contribution in [-0.2, 0) is 9.09 Å². The van der Waals surface area contributed by atoms with Gasteiger partial charge in [-0.25, -0.2) is 4.57 Å². The minimum absolute atomic E-state index is 0.371. The maximum Gasteiger partial charge on any atom is 0.524 e. The van der Waals surface area contributed by atoms with Crippen molar-refractivity contribution in [2.75, 3.05) is 0 Å². The monoisotopic (exact) mass is 234 g/mol. The van der Waals surface area contributed by atoms with Crippen molar-refractivity contribution < 1.29 is 18.9 Å². The summed E-state index contributed by atoms with van der Waals surface area (Å²) in [5.41, 5.74) is 0.836. The second kappa shape index (κ2) is 6.83. The van der Waals surface area contributed by atoms with Crippen LogP contribution in [0.3, 0.4) is 0 Å². The van der Waals surface area contributed by atoms with Gasteiger partial charge in [0.25, 0.3) is 0 Å². The highest BCUT2D eigenvalue weighted by molar-refractivity contribution is 7.46. The van der Waals surface area contributed by atoms with Gasteiger partial charge < -0.3 is 4.52 Å². The summed E-state index contributed by atoms with van der Waals surface area (Å²) >= 11 is 0. The molecule has 15 heavy (non-hydrogen) atoms. The largest absolute Gasteiger partial charge is 0.524 e. The first-order valence-electron chi connectivity index (χ1n) is 5.08. The van der Waals surface area contributed by atoms with Gasteiger partial charge in [0.05, 0.1) is 0 Å². The predicted molar refractivity (Wildman–Crippen MR) is 60.2 cm³/mol. The normalized spacial score (nSPS) is 14.2. The van der Waals surface area contributed by atoms with Gasteiger partial charge >= 0.3 is 7.82 Å². The van der Waals surface area contributed by atoms with Gasteiger partial charge in [-0.05, 0) is 18.4 Å². The lowest BCUT2D eigenvalue weighted by Crippen LogP contribution is -1.93. The summed E-state index contributed by atoms with van der Waals surface area (Å²) in [6.07, 6.45) is 5.85. The second-order valence-electron chi connectivity index (χ2n) is 3.05. The molecule has 5 heteroatoms. The average molecular weight is 234 g/mol. The Hall–Kier alpha value is -0.570. The fourth-order valence-electron chi connectivity index (χ4n) is 1.16. The Balaban J connectivity index is 4.90. The molecule has 0 heterocycles. The van der Waals surface area contributed by atoms with Gasteiger partial charge in [0, 0.05) is 6.42 Å². The summed E-state index contributed by atoms with van der Waals surface area (Å²) in [5, 5.41) is 0. The quantitative estimate of drug-likeness (QED) is 0.421. The summed E-state index contributed by atoms with van der Waals surface area (Å²) < 4.78 is 15.3. The Morgan fingerprint density at radius 2 is 1.87 bits per heavy atom. The Morgan fingerprint density at radius 3 is 2.20 bits per heavy atom. The van der Waals surface area contributed by atoms with Crippen LogP contribution < -0.4 is 0 Å². The third-order valence-electron chi connectivity index (χ3n) is 1.84. The lowest BCUT2D eigenvalue weighted by atomic mass is 10.1. The van der Waals surface area contributed by atoms with Gasteiger partial charge in [-0.3, -0.25) is 9.79 Å². The molecule has 0 bridgehead atoms. The van der Waals surface area contributed by atoms with E-state index in [1.165, 1.54) is 0 Å². The second-order valence-corrected chi connectivity index (χ2v) is 4.21. The van der Waals surface area contributed by atoms with Crippen LogP contribution in [0.25, 0.3) is 0 Å². The van der Waals surface area contributed by atoms with Gasteiger partial charge in [0.2, 0.25) is 0 Å². The minimum Gasteiger partial charge on any atom is -0.409 e. The molecule has 2 N–H and O–H groups in total. The van der Waals surface area contributed by atoms with Crippen molar-refractivity contribution in [3.8, 4) is 0 Å². The van der Waals surface area contributed by atoms with Crippen LogP contribution in [0.1, 0.15) is 40.0 Å². The molecule has 0 aliphatic heterocycles. The zero-order valence-corrected chi connectivity index (χ0v) is 10.3. The molecule has 0 aromatic rings. The minimum atomic E-state index is -4.43. The molecular weight excluding hydrogens is 215 g/mol. The molecule has 0 aromatic carbocycles. The third kappa shape index (κ3) is 6.50. The molecule has 0 aromatic heterocycles. The molecule has 0 radical (unpaired) electrons. The molecule has 0 amide bonds. The van der Waals surface area contributed by atoms with Crippen LogP contribution >= 0.6 is 7.82 Å². The number of hydrogen-bond acceptors (Lipinski definition) is 2. The number of phosphoric ester groups is 1. The molecule has 0 aliphatic carbocycles. The topological polar surface area (TPSA) is 66.8 Å². The molecule has 0 fully saturated rings. The molecule has 4 nitrogen and oxygen atoms in total. The number of hydrogen-bond donors (Lipinski definition) is 2. The van der Waals surface area contributed by atoms with Crippen LogP contribution in [-0.4, -0.2) is 9.79 Å². The average Bonchev–Trinajstić information content (AvgIpc) is 2.15. The van der Waals surface area contributed by atoms with Crippen LogP contribution in [0.4, 0.5) is 0 Å². The van der Waals surface area contributed by atoms with E-state index < -0.39 is 7.82 Å². The summed E-state index contributed by atoms with van der Waals surface area (Å²) in [7, 11) is -4.43. The molecular formula is C10H19O4P. The molecule has 0 spiro atoms. The van der Waals surface area contributed by atoms with E-state index in [4.69, 9.17) is 9.79 Å². The van der Waals surface area contributed by atoms with E-state index in [9.17, 15) is 4.57 Å². The van der Waals surface area contributed by atoms with Crippen LogP contribution in [0, 0.1) is 0 Å². The first kappa shape index (κ1) is 14.4. The van der Waals surface area contributed by atoms with Crippen molar-refractivity contribution in [3.05, 3.63) is 23.5 Å². The summed E-state index contributed by atoms with van der Waals surface area (Å²) in [6.45, 7) is 5.73. The van der Waals surface area contributed by atoms with Crippen molar-refractivity contribution >= 4 is 7.82 Å². The molecule has 0 unspecified atom stereocenters. The summed E-state index contributed by atoms with van der Waals surface area (Å²) in [5.74, 6) is 0.371. The molecule has 0 atom stereocenters. The van der Waals surface area contributed by atoms with Crippen molar-refractivity contribution in [2.45, 2.75) is 40.0 Å². The van der Waals surface area contributed by atoms with E-state index in [0.717, 1.165) is 12.0 Å². The number of phosphoric acid groups is 1. The van der Waals surface area contributed by atoms with E-state index >= 15 is 0 Å². The predicted octanol–water partition coefficient (Wildman–Crippen LogP) is 3.14. The molecule has 0 aliphatic rings. The Bertz CT molecular complexity index is 288. The van der Waals surface area contributed by atoms with Gasteiger partial charge in [0.1, 0.15) is 5.76 Å². The van der Waals surface area contributed by atoms with Crippen molar-refractivity contribution in [2.24, 2.45) is 0 Å². The Morgan fingerprint density at radius 1 is 1.27 bits per heavy atom. The zero-order chi connectivity index (χ0) is 11.9. The van der Waals surface area contributed by atoms with Crippen LogP contribution in [0.5, 0.6) is 0 Å². The van der Waals surface area contributed by atoms with Gasteiger partial charge in [0.15, 0.2) is 0 Å². The molecule has 0 rings (SSSR count). The lowest BCUT2D eigenvalue weighted by Gasteiger charge is -2.12. The molecule has 0 saturated carbocycles. The smallest absolute Gasteiger partial charge is 0.409 e. The fraction of sp³-hybridized carbons (Fsp3) is 0.600. The van der Waals surface area contributed by atoms with E-state index in [2.05, 4.69) is 4.52 Å². The Kier molecular flexibility index (Phi) is 6.57. The highest BCUT2D eigenvalue weighted by atomic mass is 31.2. The van der Waals surface area contributed by atoms with E-state index in [-0.39, 0.29) is 0 Å². The highest BCUT2D eigenvalue weighted by Crippen LogP contribution is 2.40. The van der Waals surface area contributed by atoms with Crippen molar-refractivity contribution in [1.82, 2.24) is 0 Å². The van der Waals surface area contributed by atoms with Gasteiger partial charge in [-0.1, -0.05) is 32.9 Å². The van der Waals surface area contributed by atoms with E-state index in [1.807, 2.05) is 26.0 Å². The van der Waals surface area contributed by atoms with Crippen molar-refractivity contribution in [3.63, 3.8) is 0 Å². The maximum atomic E-state index is 10.7. The third-order valence-corrected chi connectivity index (χ3v) is 2.30.